The molecule has 0 bridgehead atoms. The summed E-state index contributed by atoms with van der Waals surface area (Å²) in [4.78, 5) is 2.58. The minimum Gasteiger partial charge on any atom is -0.328 e. The Morgan fingerprint density at radius 2 is 2.18 bits per heavy atom. The number of hydrogen-bond acceptors (Lipinski definition) is 2. The first-order valence-electron chi connectivity index (χ1n) is 6.66. The van der Waals surface area contributed by atoms with Crippen molar-refractivity contribution in [1.29, 1.82) is 0 Å². The number of nitrogens with two attached hydrogens (primary N) is 1. The molecule has 1 fully saturated rings. The Morgan fingerprint density at radius 1 is 1.41 bits per heavy atom. The third-order valence-electron chi connectivity index (χ3n) is 3.99. The Balaban J connectivity index is 2.12. The Hall–Kier alpha value is -0.860. The van der Waals surface area contributed by atoms with Gasteiger partial charge in [0.2, 0.25) is 0 Å². The van der Waals surface area contributed by atoms with Gasteiger partial charge in [-0.3, -0.25) is 4.90 Å². The van der Waals surface area contributed by atoms with Crippen LogP contribution in [0.4, 0.5) is 0 Å². The molecule has 1 aromatic carbocycles. The standard InChI is InChI=1S/C15H24N2/c1-11-5-4-6-14(9-11)13(3)17-8-7-15(16)10-12(17)2/h4-6,9,12-13,15H,7-8,10,16H2,1-3H3. The van der Waals surface area contributed by atoms with Crippen molar-refractivity contribution < 1.29 is 0 Å². The summed E-state index contributed by atoms with van der Waals surface area (Å²) >= 11 is 0. The Morgan fingerprint density at radius 3 is 2.82 bits per heavy atom. The van der Waals surface area contributed by atoms with Crippen LogP contribution in [0.1, 0.15) is 43.9 Å². The monoisotopic (exact) mass is 232 g/mol. The van der Waals surface area contributed by atoms with Crippen LogP contribution in [0.15, 0.2) is 24.3 Å². The quantitative estimate of drug-likeness (QED) is 0.849. The van der Waals surface area contributed by atoms with Crippen LogP contribution in [-0.4, -0.2) is 23.5 Å². The molecule has 1 saturated heterocycles. The van der Waals surface area contributed by atoms with Crippen LogP contribution in [0.5, 0.6) is 0 Å². The average molecular weight is 232 g/mol. The second-order valence-corrected chi connectivity index (χ2v) is 5.46. The lowest BCUT2D eigenvalue weighted by atomic mass is 9.95. The van der Waals surface area contributed by atoms with E-state index in [1.807, 2.05) is 0 Å². The third-order valence-corrected chi connectivity index (χ3v) is 3.99. The second kappa shape index (κ2) is 5.19. The molecule has 0 saturated carbocycles. The Labute approximate surface area is 105 Å². The zero-order chi connectivity index (χ0) is 12.4. The highest BCUT2D eigenvalue weighted by atomic mass is 15.2. The number of rotatable bonds is 2. The molecule has 1 aliphatic rings. The highest BCUT2D eigenvalue weighted by Crippen LogP contribution is 2.28. The highest BCUT2D eigenvalue weighted by Gasteiger charge is 2.27. The molecule has 0 spiro atoms. The van der Waals surface area contributed by atoms with E-state index in [2.05, 4.69) is 49.9 Å². The molecule has 0 amide bonds. The van der Waals surface area contributed by atoms with Gasteiger partial charge in [-0.1, -0.05) is 29.8 Å². The van der Waals surface area contributed by atoms with Gasteiger partial charge >= 0.3 is 0 Å². The molecule has 0 aliphatic carbocycles. The van der Waals surface area contributed by atoms with E-state index in [1.54, 1.807) is 0 Å². The molecule has 3 atom stereocenters. The largest absolute Gasteiger partial charge is 0.328 e. The van der Waals surface area contributed by atoms with Crippen molar-refractivity contribution in [1.82, 2.24) is 4.90 Å². The van der Waals surface area contributed by atoms with Crippen LogP contribution in [0.2, 0.25) is 0 Å². The molecule has 2 heteroatoms. The molecule has 2 N–H and O–H groups in total. The zero-order valence-electron chi connectivity index (χ0n) is 11.2. The fourth-order valence-electron chi connectivity index (χ4n) is 2.92. The fraction of sp³-hybridized carbons (Fsp3) is 0.600. The number of hydrogen-bond donors (Lipinski definition) is 1. The van der Waals surface area contributed by atoms with Gasteiger partial charge < -0.3 is 5.73 Å². The predicted molar refractivity (Wildman–Crippen MR) is 73.0 cm³/mol. The summed E-state index contributed by atoms with van der Waals surface area (Å²) in [5, 5.41) is 0. The van der Waals surface area contributed by atoms with Crippen molar-refractivity contribution >= 4 is 0 Å². The molecule has 2 nitrogen and oxygen atoms in total. The maximum Gasteiger partial charge on any atom is 0.0322 e. The summed E-state index contributed by atoms with van der Waals surface area (Å²) in [6.07, 6.45) is 2.25. The maximum absolute atomic E-state index is 6.02. The fourth-order valence-corrected chi connectivity index (χ4v) is 2.92. The molecule has 0 aromatic heterocycles. The van der Waals surface area contributed by atoms with Crippen molar-refractivity contribution in [3.05, 3.63) is 35.4 Å². The van der Waals surface area contributed by atoms with E-state index in [-0.39, 0.29) is 0 Å². The van der Waals surface area contributed by atoms with E-state index in [9.17, 15) is 0 Å². The number of nitrogens with zero attached hydrogens (tertiary/aromatic N) is 1. The van der Waals surface area contributed by atoms with Gasteiger partial charge in [0.15, 0.2) is 0 Å². The number of likely N-dealkylation sites (tertiary alicyclic amines) is 1. The smallest absolute Gasteiger partial charge is 0.0322 e. The van der Waals surface area contributed by atoms with Crippen LogP contribution in [0.3, 0.4) is 0 Å². The van der Waals surface area contributed by atoms with Crippen LogP contribution in [0, 0.1) is 6.92 Å². The molecule has 2 rings (SSSR count). The van der Waals surface area contributed by atoms with E-state index in [0.29, 0.717) is 18.1 Å². The average Bonchev–Trinajstić information content (AvgIpc) is 2.28. The van der Waals surface area contributed by atoms with Crippen molar-refractivity contribution in [2.45, 2.75) is 51.7 Å². The topological polar surface area (TPSA) is 29.3 Å². The van der Waals surface area contributed by atoms with Gasteiger partial charge in [0.25, 0.3) is 0 Å². The first-order valence-corrected chi connectivity index (χ1v) is 6.66. The summed E-state index contributed by atoms with van der Waals surface area (Å²) in [6.45, 7) is 7.89. The van der Waals surface area contributed by atoms with Crippen molar-refractivity contribution in [2.75, 3.05) is 6.54 Å². The first kappa shape index (κ1) is 12.6. The molecule has 1 aliphatic heterocycles. The minimum atomic E-state index is 0.394. The van der Waals surface area contributed by atoms with Crippen molar-refractivity contribution in [3.63, 3.8) is 0 Å². The maximum atomic E-state index is 6.02. The molecule has 3 unspecified atom stereocenters. The van der Waals surface area contributed by atoms with Crippen LogP contribution in [-0.2, 0) is 0 Å². The zero-order valence-corrected chi connectivity index (χ0v) is 11.2. The summed E-state index contributed by atoms with van der Waals surface area (Å²) in [6, 6.07) is 10.3. The molecule has 94 valence electrons. The highest BCUT2D eigenvalue weighted by molar-refractivity contribution is 5.25. The van der Waals surface area contributed by atoms with E-state index < -0.39 is 0 Å². The summed E-state index contributed by atoms with van der Waals surface area (Å²) in [5.74, 6) is 0. The van der Waals surface area contributed by atoms with Crippen LogP contribution >= 0.6 is 0 Å². The SMILES string of the molecule is Cc1cccc(C(C)N2CCC(N)CC2C)c1. The van der Waals surface area contributed by atoms with Gasteiger partial charge in [0, 0.05) is 24.7 Å². The van der Waals surface area contributed by atoms with Gasteiger partial charge in [-0.2, -0.15) is 0 Å². The molecule has 17 heavy (non-hydrogen) atoms. The van der Waals surface area contributed by atoms with Crippen molar-refractivity contribution in [2.24, 2.45) is 5.73 Å². The lowest BCUT2D eigenvalue weighted by Gasteiger charge is -2.40. The number of piperidine rings is 1. The third kappa shape index (κ3) is 2.88. The molecule has 0 radical (unpaired) electrons. The van der Waals surface area contributed by atoms with E-state index >= 15 is 0 Å². The minimum absolute atomic E-state index is 0.394. The molecule has 1 aromatic rings. The van der Waals surface area contributed by atoms with E-state index in [1.165, 1.54) is 11.1 Å². The summed E-state index contributed by atoms with van der Waals surface area (Å²) < 4.78 is 0. The lowest BCUT2D eigenvalue weighted by Crippen LogP contribution is -2.46. The van der Waals surface area contributed by atoms with E-state index in [0.717, 1.165) is 19.4 Å². The summed E-state index contributed by atoms with van der Waals surface area (Å²) in [7, 11) is 0. The Bertz CT molecular complexity index is 375. The van der Waals surface area contributed by atoms with Crippen LogP contribution < -0.4 is 5.73 Å². The van der Waals surface area contributed by atoms with Gasteiger partial charge in [-0.05, 0) is 39.2 Å². The number of benzene rings is 1. The first-order chi connectivity index (χ1) is 8.08. The lowest BCUT2D eigenvalue weighted by molar-refractivity contribution is 0.104. The second-order valence-electron chi connectivity index (χ2n) is 5.46. The van der Waals surface area contributed by atoms with E-state index in [4.69, 9.17) is 5.73 Å². The molecule has 1 heterocycles. The van der Waals surface area contributed by atoms with Gasteiger partial charge in [-0.25, -0.2) is 0 Å². The number of aryl methyl sites for hydroxylation is 1. The Kier molecular flexibility index (Phi) is 3.85. The molecular weight excluding hydrogens is 208 g/mol. The van der Waals surface area contributed by atoms with Crippen molar-refractivity contribution in [3.8, 4) is 0 Å². The molecular formula is C15H24N2. The van der Waals surface area contributed by atoms with Gasteiger partial charge in [-0.15, -0.1) is 0 Å². The normalized spacial score (nSPS) is 28.0. The van der Waals surface area contributed by atoms with Gasteiger partial charge in [0.05, 0.1) is 0 Å². The predicted octanol–water partition coefficient (Wildman–Crippen LogP) is 2.87. The summed E-state index contributed by atoms with van der Waals surface area (Å²) in [5.41, 5.74) is 8.79. The van der Waals surface area contributed by atoms with Crippen LogP contribution in [0.25, 0.3) is 0 Å². The van der Waals surface area contributed by atoms with Gasteiger partial charge in [0.1, 0.15) is 0 Å².